The minimum absolute atomic E-state index is 0. The van der Waals surface area contributed by atoms with Gasteiger partial charge in [-0.1, -0.05) is 12.1 Å². The Morgan fingerprint density at radius 2 is 1.38 bits per heavy atom. The first-order valence-electron chi connectivity index (χ1n) is 7.49. The van der Waals surface area contributed by atoms with Crippen LogP contribution in [0, 0.1) is 0 Å². The molecule has 0 saturated carbocycles. The van der Waals surface area contributed by atoms with Gasteiger partial charge in [0.25, 0.3) is 0 Å². The van der Waals surface area contributed by atoms with Crippen LogP contribution < -0.4 is 29.6 Å². The molecule has 2 aromatic heterocycles. The Morgan fingerprint density at radius 3 is 1.75 bits per heavy atom. The van der Waals surface area contributed by atoms with Crippen molar-refractivity contribution < 1.29 is 42.5 Å². The molecular weight excluding hydrogens is 337 g/mol. The Hall–Kier alpha value is -0.830. The summed E-state index contributed by atoms with van der Waals surface area (Å²) in [5.74, 6) is -0.378. The van der Waals surface area contributed by atoms with Crippen molar-refractivity contribution >= 4 is 10.1 Å². The molecule has 0 unspecified atom stereocenters. The van der Waals surface area contributed by atoms with Gasteiger partial charge in [0.15, 0.2) is 0 Å². The van der Waals surface area contributed by atoms with Crippen LogP contribution in [0.15, 0.2) is 48.8 Å². The van der Waals surface area contributed by atoms with Gasteiger partial charge in [0.05, 0.1) is 15.9 Å². The van der Waals surface area contributed by atoms with E-state index in [0.717, 1.165) is 11.4 Å². The normalized spacial score (nSPS) is 11.2. The molecule has 0 aromatic carbocycles. The van der Waals surface area contributed by atoms with Gasteiger partial charge in [-0.2, -0.15) is 0 Å². The molecule has 0 aliphatic heterocycles. The first-order chi connectivity index (χ1) is 11.0. The first kappa shape index (κ1) is 21.2. The summed E-state index contributed by atoms with van der Waals surface area (Å²) in [4.78, 5) is 10.5. The molecule has 0 spiro atoms. The number of rotatable bonds is 9. The molecule has 0 amide bonds. The molecule has 24 heavy (non-hydrogen) atoms. The van der Waals surface area contributed by atoms with Crippen LogP contribution in [-0.2, 0) is 23.0 Å². The van der Waals surface area contributed by atoms with Crippen LogP contribution in [0.3, 0.4) is 0 Å². The maximum absolute atomic E-state index is 10.9. The Labute approximate surface area is 165 Å². The van der Waals surface area contributed by atoms with Crippen LogP contribution in [0.4, 0.5) is 0 Å². The molecule has 2 aromatic rings. The summed E-state index contributed by atoms with van der Waals surface area (Å²) in [7, 11) is -4.21. The standard InChI is InChI=1S/C16H21N3O3S.Na/c20-23(21,22)14-13-19(11-7-15-5-1-3-9-17-15)12-8-16-6-2-4-10-18-16;/h1-6,9-10H,7-8,11-14H2,(H,20,21,22);/q;+1/p-1. The van der Waals surface area contributed by atoms with Crippen molar-refractivity contribution in [2.75, 3.05) is 25.4 Å². The third-order valence-electron chi connectivity index (χ3n) is 3.48. The van der Waals surface area contributed by atoms with Crippen molar-refractivity contribution in [3.63, 3.8) is 0 Å². The van der Waals surface area contributed by atoms with Crippen molar-refractivity contribution in [1.82, 2.24) is 14.9 Å². The largest absolute Gasteiger partial charge is 1.00 e. The van der Waals surface area contributed by atoms with Crippen molar-refractivity contribution in [3.8, 4) is 0 Å². The van der Waals surface area contributed by atoms with Gasteiger partial charge in [0, 0.05) is 56.3 Å². The maximum Gasteiger partial charge on any atom is 1.00 e. The zero-order chi connectivity index (χ0) is 16.5. The zero-order valence-corrected chi connectivity index (χ0v) is 16.7. The number of pyridine rings is 2. The molecule has 2 heterocycles. The summed E-state index contributed by atoms with van der Waals surface area (Å²) in [6, 6.07) is 11.4. The summed E-state index contributed by atoms with van der Waals surface area (Å²) in [5, 5.41) is 0. The number of nitrogens with zero attached hydrogens (tertiary/aromatic N) is 3. The van der Waals surface area contributed by atoms with Gasteiger partial charge in [-0.3, -0.25) is 9.97 Å². The van der Waals surface area contributed by atoms with Crippen LogP contribution >= 0.6 is 0 Å². The fraction of sp³-hybridized carbons (Fsp3) is 0.375. The van der Waals surface area contributed by atoms with E-state index in [9.17, 15) is 13.0 Å². The Morgan fingerprint density at radius 1 is 0.875 bits per heavy atom. The number of hydrogen-bond donors (Lipinski definition) is 0. The van der Waals surface area contributed by atoms with E-state index < -0.39 is 10.1 Å². The molecule has 0 radical (unpaired) electrons. The van der Waals surface area contributed by atoms with Gasteiger partial charge in [-0.25, -0.2) is 8.42 Å². The van der Waals surface area contributed by atoms with E-state index in [1.807, 2.05) is 41.3 Å². The smallest absolute Gasteiger partial charge is 0.748 e. The van der Waals surface area contributed by atoms with E-state index >= 15 is 0 Å². The molecule has 0 atom stereocenters. The van der Waals surface area contributed by atoms with Gasteiger partial charge >= 0.3 is 29.6 Å². The quantitative estimate of drug-likeness (QED) is 0.385. The monoisotopic (exact) mass is 357 g/mol. The van der Waals surface area contributed by atoms with E-state index in [1.165, 1.54) is 0 Å². The molecular formula is C16H20N3NaO3S. The summed E-state index contributed by atoms with van der Waals surface area (Å²) in [6.45, 7) is 1.53. The second-order valence-electron chi connectivity index (χ2n) is 5.25. The second kappa shape index (κ2) is 10.9. The number of hydrogen-bond acceptors (Lipinski definition) is 6. The third-order valence-corrected chi connectivity index (χ3v) is 4.16. The van der Waals surface area contributed by atoms with Crippen molar-refractivity contribution in [3.05, 3.63) is 60.2 Å². The molecule has 0 fully saturated rings. The third kappa shape index (κ3) is 8.86. The Kier molecular flexibility index (Phi) is 9.65. The predicted molar refractivity (Wildman–Crippen MR) is 86.9 cm³/mol. The van der Waals surface area contributed by atoms with E-state index in [4.69, 9.17) is 0 Å². The minimum atomic E-state index is -4.21. The van der Waals surface area contributed by atoms with Crippen molar-refractivity contribution in [1.29, 1.82) is 0 Å². The van der Waals surface area contributed by atoms with Crippen LogP contribution in [-0.4, -0.2) is 53.2 Å². The average Bonchev–Trinajstić information content (AvgIpc) is 2.55. The van der Waals surface area contributed by atoms with Crippen molar-refractivity contribution in [2.45, 2.75) is 12.8 Å². The molecule has 2 rings (SSSR count). The zero-order valence-electron chi connectivity index (χ0n) is 13.8. The molecule has 0 aliphatic rings. The molecule has 6 nitrogen and oxygen atoms in total. The van der Waals surface area contributed by atoms with Gasteiger partial charge in [0.2, 0.25) is 0 Å². The van der Waals surface area contributed by atoms with Crippen LogP contribution in [0.2, 0.25) is 0 Å². The molecule has 8 heteroatoms. The van der Waals surface area contributed by atoms with Crippen molar-refractivity contribution in [2.24, 2.45) is 0 Å². The minimum Gasteiger partial charge on any atom is -0.748 e. The molecule has 0 bridgehead atoms. The second-order valence-corrected chi connectivity index (χ2v) is 6.77. The number of aromatic nitrogens is 2. The van der Waals surface area contributed by atoms with Gasteiger partial charge < -0.3 is 9.45 Å². The van der Waals surface area contributed by atoms with Crippen LogP contribution in [0.5, 0.6) is 0 Å². The Balaban J connectivity index is 0.00000288. The molecule has 0 aliphatic carbocycles. The predicted octanol–water partition coefficient (Wildman–Crippen LogP) is -1.89. The van der Waals surface area contributed by atoms with Gasteiger partial charge in [-0.05, 0) is 24.3 Å². The van der Waals surface area contributed by atoms with E-state index in [2.05, 4.69) is 9.97 Å². The van der Waals surface area contributed by atoms with E-state index in [-0.39, 0.29) is 41.9 Å². The topological polar surface area (TPSA) is 86.2 Å². The molecule has 0 N–H and O–H groups in total. The van der Waals surface area contributed by atoms with Crippen LogP contribution in [0.1, 0.15) is 11.4 Å². The molecule has 124 valence electrons. The van der Waals surface area contributed by atoms with E-state index in [1.54, 1.807) is 12.4 Å². The van der Waals surface area contributed by atoms with Gasteiger partial charge in [-0.15, -0.1) is 0 Å². The molecule has 0 saturated heterocycles. The first-order valence-corrected chi connectivity index (χ1v) is 9.06. The van der Waals surface area contributed by atoms with Crippen LogP contribution in [0.25, 0.3) is 0 Å². The fourth-order valence-corrected chi connectivity index (χ4v) is 2.70. The summed E-state index contributed by atoms with van der Waals surface area (Å²) in [5.41, 5.74) is 1.89. The van der Waals surface area contributed by atoms with Gasteiger partial charge in [0.1, 0.15) is 0 Å². The summed E-state index contributed by atoms with van der Waals surface area (Å²) in [6.07, 6.45) is 4.88. The fourth-order valence-electron chi connectivity index (χ4n) is 2.21. The Bertz CT molecular complexity index is 641. The average molecular weight is 357 g/mol. The maximum atomic E-state index is 10.9. The SMILES string of the molecule is O=S(=O)([O-])CCN(CCc1ccccn1)CCc1ccccn1.[Na+]. The summed E-state index contributed by atoms with van der Waals surface area (Å²) < 4.78 is 32.6. The van der Waals surface area contributed by atoms with E-state index in [0.29, 0.717) is 25.9 Å². The summed E-state index contributed by atoms with van der Waals surface area (Å²) >= 11 is 0.